The molecule has 1 fully saturated rings. The van der Waals surface area contributed by atoms with Gasteiger partial charge in [-0.1, -0.05) is 0 Å². The van der Waals surface area contributed by atoms with Crippen LogP contribution in [0.1, 0.15) is 25.0 Å². The molecule has 0 bridgehead atoms. The Morgan fingerprint density at radius 2 is 2.19 bits per heavy atom. The molecule has 2 N–H and O–H groups in total. The molecule has 2 aliphatic heterocycles. The predicted molar refractivity (Wildman–Crippen MR) is 115 cm³/mol. The van der Waals surface area contributed by atoms with Crippen molar-refractivity contribution in [3.05, 3.63) is 11.6 Å². The molecule has 1 unspecified atom stereocenters. The van der Waals surface area contributed by atoms with Crippen molar-refractivity contribution in [3.63, 3.8) is 0 Å². The Morgan fingerprint density at radius 3 is 2.93 bits per heavy atom. The zero-order valence-electron chi connectivity index (χ0n) is 16.3. The highest BCUT2D eigenvalue weighted by Crippen LogP contribution is 2.13. The largest absolute Gasteiger partial charge is 0.379 e. The Balaban J connectivity index is 0.00000261. The third-order valence-electron chi connectivity index (χ3n) is 4.65. The number of rotatable bonds is 7. The van der Waals surface area contributed by atoms with E-state index in [4.69, 9.17) is 14.5 Å². The molecule has 0 amide bonds. The molecule has 3 rings (SSSR count). The number of aryl methyl sites for hydroxylation is 1. The second kappa shape index (κ2) is 11.8. The molecule has 0 radical (unpaired) electrons. The van der Waals surface area contributed by atoms with E-state index in [1.165, 1.54) is 0 Å². The minimum absolute atomic E-state index is 0. The summed E-state index contributed by atoms with van der Waals surface area (Å²) in [4.78, 5) is 11.7. The van der Waals surface area contributed by atoms with Crippen molar-refractivity contribution in [2.75, 3.05) is 53.0 Å². The molecule has 1 aromatic rings. The average molecular weight is 493 g/mol. The maximum absolute atomic E-state index is 5.39. The first-order valence-electron chi connectivity index (χ1n) is 9.55. The molecule has 0 aliphatic carbocycles. The summed E-state index contributed by atoms with van der Waals surface area (Å²) in [6, 6.07) is 0.306. The lowest BCUT2D eigenvalue weighted by Crippen LogP contribution is -2.47. The van der Waals surface area contributed by atoms with Crippen molar-refractivity contribution in [2.45, 2.75) is 39.0 Å². The normalized spacial score (nSPS) is 20.7. The first-order valence-corrected chi connectivity index (χ1v) is 9.55. The van der Waals surface area contributed by atoms with Crippen molar-refractivity contribution in [1.29, 1.82) is 0 Å². The van der Waals surface area contributed by atoms with Crippen LogP contribution < -0.4 is 10.6 Å². The Bertz CT molecular complexity index is 590. The summed E-state index contributed by atoms with van der Waals surface area (Å²) in [5, 5.41) is 11.4. The fourth-order valence-corrected chi connectivity index (χ4v) is 3.31. The van der Waals surface area contributed by atoms with Gasteiger partial charge in [0.15, 0.2) is 11.8 Å². The van der Waals surface area contributed by atoms with E-state index in [2.05, 4.69) is 32.5 Å². The van der Waals surface area contributed by atoms with E-state index in [-0.39, 0.29) is 24.0 Å². The monoisotopic (exact) mass is 493 g/mol. The highest BCUT2D eigenvalue weighted by atomic mass is 127. The number of fused-ring (bicyclic) bond motifs is 1. The number of ether oxygens (including phenoxy) is 2. The summed E-state index contributed by atoms with van der Waals surface area (Å²) >= 11 is 0. The van der Waals surface area contributed by atoms with E-state index in [1.54, 1.807) is 7.11 Å². The molecule has 27 heavy (non-hydrogen) atoms. The number of aliphatic imine (C=N–C) groups is 1. The Labute approximate surface area is 178 Å². The zero-order chi connectivity index (χ0) is 18.2. The van der Waals surface area contributed by atoms with E-state index >= 15 is 0 Å². The topological polar surface area (TPSA) is 88.8 Å². The molecule has 1 atom stereocenters. The number of nitrogens with one attached hydrogen (secondary N) is 2. The number of hydrogen-bond donors (Lipinski definition) is 2. The van der Waals surface area contributed by atoms with Gasteiger partial charge in [-0.2, -0.15) is 5.10 Å². The van der Waals surface area contributed by atoms with Gasteiger partial charge < -0.3 is 20.1 Å². The van der Waals surface area contributed by atoms with Gasteiger partial charge >= 0.3 is 0 Å². The van der Waals surface area contributed by atoms with Crippen molar-refractivity contribution < 1.29 is 9.47 Å². The van der Waals surface area contributed by atoms with Gasteiger partial charge in [0, 0.05) is 45.8 Å². The number of nitrogens with zero attached hydrogens (tertiary/aromatic N) is 5. The summed E-state index contributed by atoms with van der Waals surface area (Å²) < 4.78 is 12.5. The molecule has 3 heterocycles. The minimum Gasteiger partial charge on any atom is -0.379 e. The van der Waals surface area contributed by atoms with Gasteiger partial charge in [-0.15, -0.1) is 24.0 Å². The standard InChI is InChI=1S/C17H31N7O2.HI/c1-3-18-17(19-6-7-23-8-10-26-11-9-23)20-14-4-5-16-21-15(13-25-2)22-24(16)12-14;/h14H,3-13H2,1-2H3,(H2,18,19,20);1H. The van der Waals surface area contributed by atoms with Gasteiger partial charge in [0.25, 0.3) is 0 Å². The van der Waals surface area contributed by atoms with E-state index < -0.39 is 0 Å². The Morgan fingerprint density at radius 1 is 1.37 bits per heavy atom. The van der Waals surface area contributed by atoms with Gasteiger partial charge in [-0.3, -0.25) is 9.89 Å². The van der Waals surface area contributed by atoms with Crippen LogP contribution in [0.2, 0.25) is 0 Å². The lowest BCUT2D eigenvalue weighted by Gasteiger charge is -2.27. The molecule has 2 aliphatic rings. The van der Waals surface area contributed by atoms with Gasteiger partial charge in [0.1, 0.15) is 12.4 Å². The molecule has 154 valence electrons. The minimum atomic E-state index is 0. The van der Waals surface area contributed by atoms with Crippen molar-refractivity contribution >= 4 is 29.9 Å². The van der Waals surface area contributed by atoms with Crippen molar-refractivity contribution in [2.24, 2.45) is 4.99 Å². The third-order valence-corrected chi connectivity index (χ3v) is 4.65. The van der Waals surface area contributed by atoms with Crippen LogP contribution in [0.25, 0.3) is 0 Å². The summed E-state index contributed by atoms with van der Waals surface area (Å²) in [7, 11) is 1.67. The van der Waals surface area contributed by atoms with Crippen molar-refractivity contribution in [3.8, 4) is 0 Å². The second-order valence-electron chi connectivity index (χ2n) is 6.65. The third kappa shape index (κ3) is 6.84. The van der Waals surface area contributed by atoms with E-state index in [0.717, 1.165) is 82.9 Å². The molecule has 0 aromatic carbocycles. The molecule has 1 aromatic heterocycles. The zero-order valence-corrected chi connectivity index (χ0v) is 18.6. The fourth-order valence-electron chi connectivity index (χ4n) is 3.31. The first-order chi connectivity index (χ1) is 12.8. The van der Waals surface area contributed by atoms with Crippen LogP contribution in [-0.2, 0) is 29.0 Å². The van der Waals surface area contributed by atoms with Crippen LogP contribution in [0.4, 0.5) is 0 Å². The van der Waals surface area contributed by atoms with E-state index in [0.29, 0.717) is 12.6 Å². The number of guanidine groups is 1. The van der Waals surface area contributed by atoms with Gasteiger partial charge in [0.2, 0.25) is 0 Å². The van der Waals surface area contributed by atoms with E-state index in [9.17, 15) is 0 Å². The van der Waals surface area contributed by atoms with Crippen molar-refractivity contribution in [1.82, 2.24) is 30.3 Å². The molecule has 0 saturated carbocycles. The predicted octanol–water partition coefficient (Wildman–Crippen LogP) is 0.245. The van der Waals surface area contributed by atoms with Gasteiger partial charge in [-0.05, 0) is 13.3 Å². The molecule has 1 saturated heterocycles. The maximum atomic E-state index is 5.39. The molecule has 10 heteroatoms. The van der Waals surface area contributed by atoms with Crippen LogP contribution >= 0.6 is 24.0 Å². The van der Waals surface area contributed by atoms with Crippen LogP contribution in [0, 0.1) is 0 Å². The lowest BCUT2D eigenvalue weighted by atomic mass is 10.1. The first kappa shape index (κ1) is 22.3. The molecular formula is C17H32IN7O2. The van der Waals surface area contributed by atoms with E-state index in [1.807, 2.05) is 4.68 Å². The highest BCUT2D eigenvalue weighted by Gasteiger charge is 2.22. The number of hydrogen-bond acceptors (Lipinski definition) is 6. The SMILES string of the molecule is CCNC(=NCCN1CCOCC1)NC1CCc2nc(COC)nn2C1.I. The van der Waals surface area contributed by atoms with Crippen LogP contribution in [0.15, 0.2) is 4.99 Å². The average Bonchev–Trinajstić information content (AvgIpc) is 3.05. The summed E-state index contributed by atoms with van der Waals surface area (Å²) in [6.45, 7) is 9.62. The number of methoxy groups -OCH3 is 1. The number of morpholine rings is 1. The Hall–Kier alpha value is -0.980. The quantitative estimate of drug-likeness (QED) is 0.320. The fraction of sp³-hybridized carbons (Fsp3) is 0.824. The summed E-state index contributed by atoms with van der Waals surface area (Å²) in [6.07, 6.45) is 1.94. The Kier molecular flexibility index (Phi) is 9.73. The van der Waals surface area contributed by atoms with Crippen LogP contribution in [0.5, 0.6) is 0 Å². The molecule has 0 spiro atoms. The maximum Gasteiger partial charge on any atom is 0.191 e. The molecular weight excluding hydrogens is 461 g/mol. The van der Waals surface area contributed by atoms with Gasteiger partial charge in [0.05, 0.1) is 26.3 Å². The van der Waals surface area contributed by atoms with Crippen LogP contribution in [-0.4, -0.2) is 84.7 Å². The highest BCUT2D eigenvalue weighted by molar-refractivity contribution is 14.0. The molecule has 9 nitrogen and oxygen atoms in total. The second-order valence-corrected chi connectivity index (χ2v) is 6.65. The van der Waals surface area contributed by atoms with Gasteiger partial charge in [-0.25, -0.2) is 9.67 Å². The lowest BCUT2D eigenvalue weighted by molar-refractivity contribution is 0.0394. The summed E-state index contributed by atoms with van der Waals surface area (Å²) in [5.41, 5.74) is 0. The van der Waals surface area contributed by atoms with Crippen LogP contribution in [0.3, 0.4) is 0 Å². The number of halogens is 1. The summed E-state index contributed by atoms with van der Waals surface area (Å²) in [5.74, 6) is 2.69. The number of aromatic nitrogens is 3. The smallest absolute Gasteiger partial charge is 0.191 e.